The monoisotopic (exact) mass is 298 g/mol. The second-order valence-electron chi connectivity index (χ2n) is 5.26. The van der Waals surface area contributed by atoms with Crippen LogP contribution in [0.2, 0.25) is 0 Å². The van der Waals surface area contributed by atoms with E-state index in [0.29, 0.717) is 12.2 Å². The van der Waals surface area contributed by atoms with Crippen LogP contribution in [0.5, 0.6) is 0 Å². The Hall–Kier alpha value is -2.61. The Labute approximate surface area is 128 Å². The third kappa shape index (κ3) is 3.34. The van der Waals surface area contributed by atoms with Crippen molar-refractivity contribution in [1.82, 2.24) is 35.1 Å². The molecule has 0 atom stereocenters. The fourth-order valence-electron chi connectivity index (χ4n) is 2.09. The summed E-state index contributed by atoms with van der Waals surface area (Å²) in [5.74, 6) is 0.826. The van der Waals surface area contributed by atoms with E-state index in [1.165, 1.54) is 4.63 Å². The minimum Gasteiger partial charge on any atom is -0.348 e. The number of pyridine rings is 1. The zero-order valence-electron chi connectivity index (χ0n) is 12.7. The molecule has 8 heteroatoms. The first-order valence-electron chi connectivity index (χ1n) is 7.07. The Bertz CT molecular complexity index is 724. The first-order chi connectivity index (χ1) is 10.7. The van der Waals surface area contributed by atoms with Crippen molar-refractivity contribution in [3.63, 3.8) is 0 Å². The van der Waals surface area contributed by atoms with Gasteiger partial charge in [0.1, 0.15) is 0 Å². The van der Waals surface area contributed by atoms with Gasteiger partial charge in [-0.05, 0) is 48.8 Å². The number of rotatable bonds is 6. The smallest absolute Gasteiger partial charge is 0.200 e. The summed E-state index contributed by atoms with van der Waals surface area (Å²) in [6.45, 7) is 2.45. The molecule has 0 aliphatic rings. The average molecular weight is 298 g/mol. The van der Waals surface area contributed by atoms with Crippen molar-refractivity contribution in [2.45, 2.75) is 6.54 Å². The fourth-order valence-corrected chi connectivity index (χ4v) is 2.09. The number of hydrogen-bond acceptors (Lipinski definition) is 7. The van der Waals surface area contributed by atoms with Crippen molar-refractivity contribution in [3.05, 3.63) is 42.2 Å². The van der Waals surface area contributed by atoms with Gasteiger partial charge in [0.05, 0.1) is 12.2 Å². The van der Waals surface area contributed by atoms with Gasteiger partial charge in [-0.15, -0.1) is 14.8 Å². The Morgan fingerprint density at radius 3 is 2.77 bits per heavy atom. The van der Waals surface area contributed by atoms with Gasteiger partial charge < -0.3 is 9.80 Å². The standard InChI is InChI=1S/C14H18N8/c1-20(2)9-10-21(11-12-5-3-4-8-15-12)14-7-6-13-16-18-19-22(13)17-14/h3-8H,9-11H2,1-2H3. The Morgan fingerprint density at radius 1 is 1.09 bits per heavy atom. The molecule has 3 rings (SSSR count). The second-order valence-corrected chi connectivity index (χ2v) is 5.26. The number of anilines is 1. The van der Waals surface area contributed by atoms with Crippen molar-refractivity contribution < 1.29 is 0 Å². The van der Waals surface area contributed by atoms with Crippen molar-refractivity contribution >= 4 is 11.5 Å². The topological polar surface area (TPSA) is 75.3 Å². The number of nitrogens with zero attached hydrogens (tertiary/aromatic N) is 8. The molecule has 3 aromatic heterocycles. The summed E-state index contributed by atoms with van der Waals surface area (Å²) < 4.78 is 1.44. The lowest BCUT2D eigenvalue weighted by molar-refractivity contribution is 0.411. The minimum atomic E-state index is 0.633. The van der Waals surface area contributed by atoms with Gasteiger partial charge in [-0.25, -0.2) is 0 Å². The third-order valence-electron chi connectivity index (χ3n) is 3.28. The maximum Gasteiger partial charge on any atom is 0.200 e. The number of likely N-dealkylation sites (N-methyl/N-ethyl adjacent to an activating group) is 1. The highest BCUT2D eigenvalue weighted by Gasteiger charge is 2.12. The number of aromatic nitrogens is 6. The highest BCUT2D eigenvalue weighted by Crippen LogP contribution is 2.13. The van der Waals surface area contributed by atoms with Crippen LogP contribution >= 0.6 is 0 Å². The molecule has 3 aromatic rings. The molecule has 0 aromatic carbocycles. The normalized spacial score (nSPS) is 11.2. The van der Waals surface area contributed by atoms with Gasteiger partial charge >= 0.3 is 0 Å². The van der Waals surface area contributed by atoms with Gasteiger partial charge in [0.25, 0.3) is 0 Å². The van der Waals surface area contributed by atoms with Crippen LogP contribution < -0.4 is 4.90 Å². The lowest BCUT2D eigenvalue weighted by Gasteiger charge is -2.24. The van der Waals surface area contributed by atoms with E-state index in [4.69, 9.17) is 0 Å². The molecule has 0 unspecified atom stereocenters. The molecule has 0 bridgehead atoms. The predicted octanol–water partition coefficient (Wildman–Crippen LogP) is 0.482. The van der Waals surface area contributed by atoms with Crippen LogP contribution in [-0.4, -0.2) is 62.3 Å². The average Bonchev–Trinajstić information content (AvgIpc) is 2.99. The molecular weight excluding hydrogens is 280 g/mol. The van der Waals surface area contributed by atoms with E-state index in [1.54, 1.807) is 6.20 Å². The van der Waals surface area contributed by atoms with Crippen LogP contribution in [0.1, 0.15) is 5.69 Å². The highest BCUT2D eigenvalue weighted by molar-refractivity contribution is 5.44. The quantitative estimate of drug-likeness (QED) is 0.655. The minimum absolute atomic E-state index is 0.633. The van der Waals surface area contributed by atoms with E-state index in [2.05, 4.69) is 49.5 Å². The Morgan fingerprint density at radius 2 is 2.00 bits per heavy atom. The summed E-state index contributed by atoms with van der Waals surface area (Å²) in [5, 5.41) is 15.8. The maximum atomic E-state index is 4.47. The SMILES string of the molecule is CN(C)CCN(Cc1ccccn1)c1ccc2nnnn2n1. The van der Waals surface area contributed by atoms with E-state index < -0.39 is 0 Å². The number of fused-ring (bicyclic) bond motifs is 1. The molecule has 0 spiro atoms. The first kappa shape index (κ1) is 14.3. The Balaban J connectivity index is 1.85. The third-order valence-corrected chi connectivity index (χ3v) is 3.28. The van der Waals surface area contributed by atoms with E-state index in [1.807, 2.05) is 30.3 Å². The van der Waals surface area contributed by atoms with Crippen molar-refractivity contribution in [2.24, 2.45) is 0 Å². The molecule has 0 saturated heterocycles. The van der Waals surface area contributed by atoms with Gasteiger partial charge in [0.2, 0.25) is 0 Å². The van der Waals surface area contributed by atoms with Crippen LogP contribution in [0.4, 0.5) is 5.82 Å². The number of hydrogen-bond donors (Lipinski definition) is 0. The van der Waals surface area contributed by atoms with Gasteiger partial charge in [-0.2, -0.15) is 0 Å². The fraction of sp³-hybridized carbons (Fsp3) is 0.357. The lowest BCUT2D eigenvalue weighted by atomic mass is 10.3. The molecule has 0 aliphatic carbocycles. The summed E-state index contributed by atoms with van der Waals surface area (Å²) in [7, 11) is 4.10. The van der Waals surface area contributed by atoms with Crippen LogP contribution in [0.25, 0.3) is 5.65 Å². The molecule has 0 fully saturated rings. The summed E-state index contributed by atoms with van der Waals surface area (Å²) in [6, 6.07) is 9.72. The van der Waals surface area contributed by atoms with E-state index >= 15 is 0 Å². The van der Waals surface area contributed by atoms with Crippen LogP contribution in [0, 0.1) is 0 Å². The summed E-state index contributed by atoms with van der Waals surface area (Å²) in [5.41, 5.74) is 1.63. The number of tetrazole rings is 1. The second kappa shape index (κ2) is 6.44. The maximum absolute atomic E-state index is 4.47. The predicted molar refractivity (Wildman–Crippen MR) is 82.4 cm³/mol. The molecule has 8 nitrogen and oxygen atoms in total. The summed E-state index contributed by atoms with van der Waals surface area (Å²) >= 11 is 0. The van der Waals surface area contributed by atoms with Crippen LogP contribution in [0.15, 0.2) is 36.5 Å². The first-order valence-corrected chi connectivity index (χ1v) is 7.07. The van der Waals surface area contributed by atoms with E-state index in [9.17, 15) is 0 Å². The molecule has 22 heavy (non-hydrogen) atoms. The zero-order valence-corrected chi connectivity index (χ0v) is 12.7. The van der Waals surface area contributed by atoms with Gasteiger partial charge in [-0.3, -0.25) is 4.98 Å². The highest BCUT2D eigenvalue weighted by atomic mass is 15.6. The van der Waals surface area contributed by atoms with Crippen molar-refractivity contribution in [1.29, 1.82) is 0 Å². The van der Waals surface area contributed by atoms with Gasteiger partial charge in [0, 0.05) is 19.3 Å². The van der Waals surface area contributed by atoms with Gasteiger partial charge in [-0.1, -0.05) is 6.07 Å². The van der Waals surface area contributed by atoms with Crippen molar-refractivity contribution in [3.8, 4) is 0 Å². The summed E-state index contributed by atoms with van der Waals surface area (Å²) in [6.07, 6.45) is 1.80. The molecular formula is C14H18N8. The van der Waals surface area contributed by atoms with Crippen LogP contribution in [0.3, 0.4) is 0 Å². The molecule has 0 aliphatic heterocycles. The lowest BCUT2D eigenvalue weighted by Crippen LogP contribution is -2.32. The molecule has 3 heterocycles. The molecule has 0 amide bonds. The Kier molecular flexibility index (Phi) is 4.19. The van der Waals surface area contributed by atoms with E-state index in [0.717, 1.165) is 24.6 Å². The summed E-state index contributed by atoms with van der Waals surface area (Å²) in [4.78, 5) is 8.70. The molecule has 0 radical (unpaired) electrons. The van der Waals surface area contributed by atoms with Crippen LogP contribution in [-0.2, 0) is 6.54 Å². The molecule has 0 N–H and O–H groups in total. The van der Waals surface area contributed by atoms with Gasteiger partial charge in [0.15, 0.2) is 11.5 Å². The molecule has 114 valence electrons. The largest absolute Gasteiger partial charge is 0.348 e. The van der Waals surface area contributed by atoms with Crippen molar-refractivity contribution in [2.75, 3.05) is 32.1 Å². The van der Waals surface area contributed by atoms with E-state index in [-0.39, 0.29) is 0 Å². The molecule has 0 saturated carbocycles. The zero-order chi connectivity index (χ0) is 15.4.